The number of hydrogen-bond donors (Lipinski definition) is 1. The Morgan fingerprint density at radius 2 is 1.81 bits per heavy atom. The van der Waals surface area contributed by atoms with Gasteiger partial charge in [0, 0.05) is 55.2 Å². The van der Waals surface area contributed by atoms with Crippen molar-refractivity contribution in [1.29, 1.82) is 0 Å². The summed E-state index contributed by atoms with van der Waals surface area (Å²) < 4.78 is 1.95. The molecular weight excluding hydrogens is 418 g/mol. The number of nitrogens with one attached hydrogen (secondary N) is 1. The number of anilines is 2. The summed E-state index contributed by atoms with van der Waals surface area (Å²) in [4.78, 5) is 24.2. The molecule has 1 aliphatic carbocycles. The van der Waals surface area contributed by atoms with Crippen molar-refractivity contribution in [1.82, 2.24) is 14.5 Å². The molecule has 4 heterocycles. The fraction of sp³-hybridized carbons (Fsp3) is 0.240. The molecule has 4 aromatic rings. The van der Waals surface area contributed by atoms with Crippen LogP contribution in [0.4, 0.5) is 10.8 Å². The van der Waals surface area contributed by atoms with Gasteiger partial charge in [0.2, 0.25) is 0 Å². The van der Waals surface area contributed by atoms with Gasteiger partial charge in [-0.3, -0.25) is 15.1 Å². The van der Waals surface area contributed by atoms with Crippen molar-refractivity contribution in [3.05, 3.63) is 95.5 Å². The Labute approximate surface area is 190 Å². The van der Waals surface area contributed by atoms with Crippen LogP contribution in [0.5, 0.6) is 0 Å². The van der Waals surface area contributed by atoms with Crippen LogP contribution in [0.1, 0.15) is 27.7 Å². The van der Waals surface area contributed by atoms with Gasteiger partial charge < -0.3 is 9.47 Å². The summed E-state index contributed by atoms with van der Waals surface area (Å²) in [5, 5.41) is 5.78. The fourth-order valence-corrected chi connectivity index (χ4v) is 5.67. The molecule has 32 heavy (non-hydrogen) atoms. The third kappa shape index (κ3) is 3.58. The maximum atomic E-state index is 12.9. The van der Waals surface area contributed by atoms with Gasteiger partial charge in [-0.15, -0.1) is 11.3 Å². The number of rotatable bonds is 6. The Bertz CT molecular complexity index is 1220. The van der Waals surface area contributed by atoms with Gasteiger partial charge in [0.1, 0.15) is 5.69 Å². The zero-order valence-electron chi connectivity index (χ0n) is 17.5. The second kappa shape index (κ2) is 7.91. The number of aromatic nitrogens is 3. The predicted octanol–water partition coefficient (Wildman–Crippen LogP) is 4.49. The Hall–Kier alpha value is -3.45. The van der Waals surface area contributed by atoms with Crippen molar-refractivity contribution in [3.8, 4) is 0 Å². The van der Waals surface area contributed by atoms with Gasteiger partial charge in [-0.2, -0.15) is 0 Å². The third-order valence-corrected chi connectivity index (χ3v) is 7.34. The number of benzene rings is 1. The molecule has 0 bridgehead atoms. The van der Waals surface area contributed by atoms with E-state index in [0.717, 1.165) is 24.3 Å². The topological polar surface area (TPSA) is 63.1 Å². The van der Waals surface area contributed by atoms with E-state index in [1.807, 2.05) is 35.0 Å². The van der Waals surface area contributed by atoms with E-state index in [1.165, 1.54) is 17.0 Å². The van der Waals surface area contributed by atoms with Crippen LogP contribution < -0.4 is 10.2 Å². The van der Waals surface area contributed by atoms with Crippen molar-refractivity contribution >= 4 is 28.1 Å². The van der Waals surface area contributed by atoms with Gasteiger partial charge in [-0.1, -0.05) is 18.2 Å². The first kappa shape index (κ1) is 19.3. The maximum absolute atomic E-state index is 12.9. The molecule has 1 saturated heterocycles. The van der Waals surface area contributed by atoms with Gasteiger partial charge in [0.25, 0.3) is 5.91 Å². The molecule has 0 spiro atoms. The summed E-state index contributed by atoms with van der Waals surface area (Å²) in [7, 11) is 0. The lowest BCUT2D eigenvalue weighted by Gasteiger charge is -2.21. The van der Waals surface area contributed by atoms with Gasteiger partial charge in [-0.25, -0.2) is 4.98 Å². The van der Waals surface area contributed by atoms with Gasteiger partial charge >= 0.3 is 0 Å². The molecular formula is C25H23N5OS. The smallest absolute Gasteiger partial charge is 0.274 e. The molecule has 6 nitrogen and oxygen atoms in total. The molecule has 2 fully saturated rings. The van der Waals surface area contributed by atoms with E-state index >= 15 is 0 Å². The van der Waals surface area contributed by atoms with E-state index in [9.17, 15) is 4.79 Å². The molecule has 0 radical (unpaired) electrons. The molecule has 6 rings (SSSR count). The van der Waals surface area contributed by atoms with Gasteiger partial charge in [0.15, 0.2) is 5.13 Å². The quantitative estimate of drug-likeness (QED) is 0.479. The second-order valence-corrected chi connectivity index (χ2v) is 9.36. The summed E-state index contributed by atoms with van der Waals surface area (Å²) in [6, 6.07) is 18.3. The minimum atomic E-state index is -0.129. The number of carbonyl (C=O) groups is 1. The lowest BCUT2D eigenvalue weighted by atomic mass is 10.2. The monoisotopic (exact) mass is 441 g/mol. The van der Waals surface area contributed by atoms with Crippen LogP contribution in [-0.2, 0) is 6.54 Å². The number of hydrogen-bond acceptors (Lipinski definition) is 5. The predicted molar refractivity (Wildman–Crippen MR) is 126 cm³/mol. The Morgan fingerprint density at radius 1 is 1.03 bits per heavy atom. The van der Waals surface area contributed by atoms with Crippen molar-refractivity contribution in [3.63, 3.8) is 0 Å². The number of nitrogens with zero attached hydrogens (tertiary/aromatic N) is 4. The van der Waals surface area contributed by atoms with Crippen molar-refractivity contribution in [2.75, 3.05) is 23.3 Å². The molecule has 3 aromatic heterocycles. The number of carbonyl (C=O) groups excluding carboxylic acids is 1. The average molecular weight is 442 g/mol. The highest BCUT2D eigenvalue weighted by Crippen LogP contribution is 2.58. The lowest BCUT2D eigenvalue weighted by molar-refractivity contribution is 0.101. The van der Waals surface area contributed by atoms with Crippen LogP contribution in [0.2, 0.25) is 0 Å². The Morgan fingerprint density at radius 3 is 2.59 bits per heavy atom. The highest BCUT2D eigenvalue weighted by molar-refractivity contribution is 7.14. The van der Waals surface area contributed by atoms with Gasteiger partial charge in [0.05, 0.1) is 5.69 Å². The lowest BCUT2D eigenvalue weighted by Crippen LogP contribution is -2.23. The number of piperidine rings is 1. The van der Waals surface area contributed by atoms with E-state index in [0.29, 0.717) is 35.1 Å². The average Bonchev–Trinajstić information content (AvgIpc) is 3.29. The second-order valence-electron chi connectivity index (χ2n) is 8.50. The normalized spacial score (nSPS) is 21.4. The highest BCUT2D eigenvalue weighted by atomic mass is 32.1. The Kier molecular flexibility index (Phi) is 4.76. The number of thiazole rings is 1. The minimum absolute atomic E-state index is 0.129. The number of para-hydroxylation sites is 1. The molecule has 1 aromatic carbocycles. The van der Waals surface area contributed by atoms with Crippen LogP contribution in [-0.4, -0.2) is 33.5 Å². The van der Waals surface area contributed by atoms with Crippen LogP contribution >= 0.6 is 11.3 Å². The van der Waals surface area contributed by atoms with E-state index < -0.39 is 0 Å². The van der Waals surface area contributed by atoms with E-state index in [4.69, 9.17) is 4.98 Å². The van der Waals surface area contributed by atoms with Gasteiger partial charge in [-0.05, 0) is 53.8 Å². The first-order valence-electron chi connectivity index (χ1n) is 10.9. The summed E-state index contributed by atoms with van der Waals surface area (Å²) in [6.45, 7) is 2.80. The standard InChI is InChI=1S/C25H23N5OS/c31-24(22-7-4-12-29(22)13-17-8-10-26-11-9-17)28-25-27-21(16-32-25)23-19-14-30(15-20(19)23)18-5-2-1-3-6-18/h1-12,16,19-20,23H,13-15H2,(H,27,28,31). The van der Waals surface area contributed by atoms with Crippen molar-refractivity contribution in [2.45, 2.75) is 12.5 Å². The van der Waals surface area contributed by atoms with Crippen molar-refractivity contribution in [2.24, 2.45) is 11.8 Å². The van der Waals surface area contributed by atoms with E-state index in [-0.39, 0.29) is 5.91 Å². The summed E-state index contributed by atoms with van der Waals surface area (Å²) in [6.07, 6.45) is 5.45. The fourth-order valence-electron chi connectivity index (χ4n) is 4.92. The van der Waals surface area contributed by atoms with E-state index in [2.05, 4.69) is 50.9 Å². The largest absolute Gasteiger partial charge is 0.371 e. The van der Waals surface area contributed by atoms with Crippen LogP contribution in [0, 0.1) is 11.8 Å². The molecule has 1 N–H and O–H groups in total. The summed E-state index contributed by atoms with van der Waals surface area (Å²) in [5.41, 5.74) is 4.16. The molecule has 1 aliphatic heterocycles. The third-order valence-electron chi connectivity index (χ3n) is 6.56. The molecule has 160 valence electrons. The number of pyridine rings is 1. The number of fused-ring (bicyclic) bond motifs is 1. The first-order chi connectivity index (χ1) is 15.8. The summed E-state index contributed by atoms with van der Waals surface area (Å²) in [5.74, 6) is 1.72. The SMILES string of the molecule is O=C(Nc1nc(C2C3CN(c4ccccc4)CC32)cs1)c1cccn1Cc1ccncc1. The van der Waals surface area contributed by atoms with Crippen LogP contribution in [0.25, 0.3) is 0 Å². The molecule has 2 unspecified atom stereocenters. The molecule has 1 saturated carbocycles. The maximum Gasteiger partial charge on any atom is 0.274 e. The number of amides is 1. The van der Waals surface area contributed by atoms with Crippen LogP contribution in [0.3, 0.4) is 0 Å². The zero-order valence-corrected chi connectivity index (χ0v) is 18.3. The van der Waals surface area contributed by atoms with Crippen molar-refractivity contribution < 1.29 is 4.79 Å². The molecule has 2 atom stereocenters. The Balaban J connectivity index is 1.09. The highest BCUT2D eigenvalue weighted by Gasteiger charge is 2.57. The molecule has 1 amide bonds. The molecule has 2 aliphatic rings. The van der Waals surface area contributed by atoms with Crippen LogP contribution in [0.15, 0.2) is 78.6 Å². The summed E-state index contributed by atoms with van der Waals surface area (Å²) >= 11 is 1.51. The minimum Gasteiger partial charge on any atom is -0.371 e. The van der Waals surface area contributed by atoms with E-state index in [1.54, 1.807) is 12.4 Å². The molecule has 7 heteroatoms. The first-order valence-corrected chi connectivity index (χ1v) is 11.7. The zero-order chi connectivity index (χ0) is 21.5.